The van der Waals surface area contributed by atoms with Crippen molar-refractivity contribution in [2.45, 2.75) is 18.9 Å². The van der Waals surface area contributed by atoms with Gasteiger partial charge in [-0.1, -0.05) is 6.07 Å². The van der Waals surface area contributed by atoms with Gasteiger partial charge in [0, 0.05) is 6.54 Å². The van der Waals surface area contributed by atoms with Gasteiger partial charge in [0.05, 0.1) is 0 Å². The van der Waals surface area contributed by atoms with Crippen LogP contribution in [0.3, 0.4) is 0 Å². The van der Waals surface area contributed by atoms with E-state index in [2.05, 4.69) is 21.2 Å². The number of benzene rings is 1. The van der Waals surface area contributed by atoms with Gasteiger partial charge in [-0.25, -0.2) is 0 Å². The summed E-state index contributed by atoms with van der Waals surface area (Å²) >= 11 is 3.31. The van der Waals surface area contributed by atoms with E-state index >= 15 is 0 Å². The first-order chi connectivity index (χ1) is 7.27. The third-order valence-corrected chi connectivity index (χ3v) is 3.29. The molecule has 0 aromatic heterocycles. The summed E-state index contributed by atoms with van der Waals surface area (Å²) in [6, 6.07) is 5.28. The first-order valence-electron chi connectivity index (χ1n) is 5.12. The number of nitrogens with one attached hydrogen (secondary N) is 1. The monoisotopic (exact) mass is 271 g/mol. The maximum Gasteiger partial charge on any atom is 0.137 e. The van der Waals surface area contributed by atoms with Crippen molar-refractivity contribution in [2.75, 3.05) is 13.1 Å². The SMILES string of the molecule is Oc1cccc(OC2CCCNC2)c1Br. The maximum atomic E-state index is 9.49. The number of phenols is 1. The molecule has 1 fully saturated rings. The van der Waals surface area contributed by atoms with Crippen LogP contribution in [-0.2, 0) is 0 Å². The standard InChI is InChI=1S/C11H14BrNO2/c12-11-9(14)4-1-5-10(11)15-8-3-2-6-13-7-8/h1,4-5,8,13-14H,2-3,6-7H2. The van der Waals surface area contributed by atoms with Gasteiger partial charge in [-0.2, -0.15) is 0 Å². The van der Waals surface area contributed by atoms with Crippen molar-refractivity contribution < 1.29 is 9.84 Å². The van der Waals surface area contributed by atoms with Gasteiger partial charge in [-0.05, 0) is 47.4 Å². The van der Waals surface area contributed by atoms with Gasteiger partial charge in [0.2, 0.25) is 0 Å². The maximum absolute atomic E-state index is 9.49. The molecule has 1 unspecified atom stereocenters. The molecule has 1 aromatic carbocycles. The highest BCUT2D eigenvalue weighted by molar-refractivity contribution is 9.10. The fourth-order valence-corrected chi connectivity index (χ4v) is 2.05. The molecular weight excluding hydrogens is 258 g/mol. The van der Waals surface area contributed by atoms with Gasteiger partial charge in [0.1, 0.15) is 22.1 Å². The molecule has 0 amide bonds. The average molecular weight is 272 g/mol. The molecule has 1 aliphatic rings. The molecule has 82 valence electrons. The number of piperidine rings is 1. The molecular formula is C11H14BrNO2. The van der Waals surface area contributed by atoms with Crippen LogP contribution in [0.1, 0.15) is 12.8 Å². The number of hydrogen-bond acceptors (Lipinski definition) is 3. The summed E-state index contributed by atoms with van der Waals surface area (Å²) < 4.78 is 6.43. The van der Waals surface area contributed by atoms with Crippen LogP contribution in [0.25, 0.3) is 0 Å². The van der Waals surface area contributed by atoms with E-state index in [0.717, 1.165) is 25.9 Å². The van der Waals surface area contributed by atoms with Gasteiger partial charge in [-0.3, -0.25) is 0 Å². The van der Waals surface area contributed by atoms with Crippen molar-refractivity contribution in [2.24, 2.45) is 0 Å². The Morgan fingerprint density at radius 3 is 3.07 bits per heavy atom. The minimum atomic E-state index is 0.205. The highest BCUT2D eigenvalue weighted by Gasteiger charge is 2.16. The number of ether oxygens (including phenoxy) is 1. The largest absolute Gasteiger partial charge is 0.507 e. The van der Waals surface area contributed by atoms with Gasteiger partial charge in [0.25, 0.3) is 0 Å². The molecule has 2 rings (SSSR count). The molecule has 3 nitrogen and oxygen atoms in total. The third kappa shape index (κ3) is 2.63. The number of phenolic OH excluding ortho intramolecular Hbond substituents is 1. The third-order valence-electron chi connectivity index (χ3n) is 2.49. The van der Waals surface area contributed by atoms with Crippen molar-refractivity contribution in [1.29, 1.82) is 0 Å². The van der Waals surface area contributed by atoms with E-state index in [-0.39, 0.29) is 11.9 Å². The highest BCUT2D eigenvalue weighted by Crippen LogP contribution is 2.34. The second-order valence-corrected chi connectivity index (χ2v) is 4.47. The molecule has 1 saturated heterocycles. The van der Waals surface area contributed by atoms with E-state index in [4.69, 9.17) is 4.74 Å². The number of hydrogen-bond donors (Lipinski definition) is 2. The molecule has 1 aromatic rings. The van der Waals surface area contributed by atoms with Crippen LogP contribution < -0.4 is 10.1 Å². The summed E-state index contributed by atoms with van der Waals surface area (Å²) in [4.78, 5) is 0. The van der Waals surface area contributed by atoms with Crippen molar-refractivity contribution in [3.8, 4) is 11.5 Å². The lowest BCUT2D eigenvalue weighted by Gasteiger charge is -2.24. The molecule has 0 saturated carbocycles. The average Bonchev–Trinajstić information content (AvgIpc) is 2.26. The lowest BCUT2D eigenvalue weighted by molar-refractivity contribution is 0.165. The Hall–Kier alpha value is -0.740. The Labute approximate surface area is 97.6 Å². The molecule has 0 aliphatic carbocycles. The van der Waals surface area contributed by atoms with E-state index < -0.39 is 0 Å². The molecule has 0 spiro atoms. The van der Waals surface area contributed by atoms with Gasteiger partial charge < -0.3 is 15.2 Å². The fourth-order valence-electron chi connectivity index (χ4n) is 1.69. The summed E-state index contributed by atoms with van der Waals surface area (Å²) in [5.41, 5.74) is 0. The first-order valence-corrected chi connectivity index (χ1v) is 5.91. The van der Waals surface area contributed by atoms with E-state index in [1.54, 1.807) is 12.1 Å². The van der Waals surface area contributed by atoms with E-state index in [9.17, 15) is 5.11 Å². The topological polar surface area (TPSA) is 41.5 Å². The van der Waals surface area contributed by atoms with Gasteiger partial charge >= 0.3 is 0 Å². The number of aromatic hydroxyl groups is 1. The molecule has 0 radical (unpaired) electrons. The zero-order chi connectivity index (χ0) is 10.7. The lowest BCUT2D eigenvalue weighted by Crippen LogP contribution is -2.37. The minimum absolute atomic E-state index is 0.205. The quantitative estimate of drug-likeness (QED) is 0.867. The fraction of sp³-hybridized carbons (Fsp3) is 0.455. The smallest absolute Gasteiger partial charge is 0.137 e. The molecule has 15 heavy (non-hydrogen) atoms. The van der Waals surface area contributed by atoms with Crippen LogP contribution in [0.15, 0.2) is 22.7 Å². The minimum Gasteiger partial charge on any atom is -0.507 e. The summed E-state index contributed by atoms with van der Waals surface area (Å²) in [6.07, 6.45) is 2.41. The van der Waals surface area contributed by atoms with Gasteiger partial charge in [0.15, 0.2) is 0 Å². The lowest BCUT2D eigenvalue weighted by atomic mass is 10.1. The Kier molecular flexibility index (Phi) is 3.49. The summed E-state index contributed by atoms with van der Waals surface area (Å²) in [6.45, 7) is 1.95. The second kappa shape index (κ2) is 4.86. The number of rotatable bonds is 2. The predicted octanol–water partition coefficient (Wildman–Crippen LogP) is 2.29. The molecule has 1 aliphatic heterocycles. The van der Waals surface area contributed by atoms with Crippen LogP contribution in [0.4, 0.5) is 0 Å². The molecule has 1 atom stereocenters. The Morgan fingerprint density at radius 2 is 2.33 bits per heavy atom. The van der Waals surface area contributed by atoms with Crippen LogP contribution in [0.5, 0.6) is 11.5 Å². The van der Waals surface area contributed by atoms with Gasteiger partial charge in [-0.15, -0.1) is 0 Å². The zero-order valence-electron chi connectivity index (χ0n) is 8.37. The second-order valence-electron chi connectivity index (χ2n) is 3.68. The predicted molar refractivity (Wildman–Crippen MR) is 62.3 cm³/mol. The molecule has 4 heteroatoms. The summed E-state index contributed by atoms with van der Waals surface area (Å²) in [5.74, 6) is 0.931. The molecule has 1 heterocycles. The normalized spacial score (nSPS) is 21.3. The van der Waals surface area contributed by atoms with E-state index in [0.29, 0.717) is 10.2 Å². The summed E-state index contributed by atoms with van der Waals surface area (Å²) in [5, 5.41) is 12.8. The Bertz CT molecular complexity index is 337. The van der Waals surface area contributed by atoms with Crippen molar-refractivity contribution >= 4 is 15.9 Å². The van der Waals surface area contributed by atoms with E-state index in [1.165, 1.54) is 0 Å². The van der Waals surface area contributed by atoms with Crippen LogP contribution in [0.2, 0.25) is 0 Å². The van der Waals surface area contributed by atoms with Crippen molar-refractivity contribution in [3.63, 3.8) is 0 Å². The Balaban J connectivity index is 2.06. The zero-order valence-corrected chi connectivity index (χ0v) is 9.96. The Morgan fingerprint density at radius 1 is 1.47 bits per heavy atom. The first kappa shape index (κ1) is 10.8. The molecule has 0 bridgehead atoms. The number of halogens is 1. The highest BCUT2D eigenvalue weighted by atomic mass is 79.9. The van der Waals surface area contributed by atoms with E-state index in [1.807, 2.05) is 6.07 Å². The van der Waals surface area contributed by atoms with Crippen LogP contribution >= 0.6 is 15.9 Å². The molecule has 2 N–H and O–H groups in total. The summed E-state index contributed by atoms with van der Waals surface area (Å²) in [7, 11) is 0. The van der Waals surface area contributed by atoms with Crippen molar-refractivity contribution in [1.82, 2.24) is 5.32 Å². The van der Waals surface area contributed by atoms with Crippen LogP contribution in [-0.4, -0.2) is 24.3 Å². The van der Waals surface area contributed by atoms with Crippen molar-refractivity contribution in [3.05, 3.63) is 22.7 Å². The van der Waals surface area contributed by atoms with Crippen LogP contribution in [0, 0.1) is 0 Å².